The lowest BCUT2D eigenvalue weighted by atomic mass is 10.2. The minimum atomic E-state index is -1.16. The summed E-state index contributed by atoms with van der Waals surface area (Å²) in [6.45, 7) is 3.82. The molecule has 0 bridgehead atoms. The Labute approximate surface area is 171 Å². The zero-order valence-electron chi connectivity index (χ0n) is 16.4. The fourth-order valence-corrected chi connectivity index (χ4v) is 2.33. The lowest BCUT2D eigenvalue weighted by molar-refractivity contribution is -0.387. The summed E-state index contributed by atoms with van der Waals surface area (Å²) < 4.78 is 29.1. The van der Waals surface area contributed by atoms with E-state index in [0.717, 1.165) is 12.1 Å². The van der Waals surface area contributed by atoms with Gasteiger partial charge in [-0.2, -0.15) is 4.39 Å². The maximum absolute atomic E-state index is 13.3. The van der Waals surface area contributed by atoms with Gasteiger partial charge in [0.2, 0.25) is 5.82 Å². The molecule has 1 N–H and O–H groups in total. The first-order valence-electron chi connectivity index (χ1n) is 9.10. The minimum absolute atomic E-state index is 0.00910. The van der Waals surface area contributed by atoms with Crippen LogP contribution in [-0.2, 0) is 14.3 Å². The summed E-state index contributed by atoms with van der Waals surface area (Å²) in [7, 11) is 0. The standard InChI is InChI=1S/C20H21FN2O7/c1-3-28-15-5-7-16(8-6-15)29-11-10-19(24)30-13(2)20(25)22-14-4-9-17(21)18(12-14)23(26)27/h4-9,12-13H,3,10-11H2,1-2H3,(H,22,25). The second kappa shape index (κ2) is 10.7. The van der Waals surface area contributed by atoms with Crippen LogP contribution >= 0.6 is 0 Å². The number of halogens is 1. The number of amides is 1. The van der Waals surface area contributed by atoms with Gasteiger partial charge in [0.1, 0.15) is 11.5 Å². The molecule has 0 aromatic heterocycles. The van der Waals surface area contributed by atoms with Crippen LogP contribution in [0.4, 0.5) is 15.8 Å². The van der Waals surface area contributed by atoms with Crippen LogP contribution in [0.15, 0.2) is 42.5 Å². The SMILES string of the molecule is CCOc1ccc(OCCC(=O)OC(C)C(=O)Nc2ccc(F)c([N+](=O)[O-])c2)cc1. The largest absolute Gasteiger partial charge is 0.494 e. The van der Waals surface area contributed by atoms with Crippen LogP contribution in [0.5, 0.6) is 11.5 Å². The smallest absolute Gasteiger partial charge is 0.310 e. The Morgan fingerprint density at radius 2 is 1.77 bits per heavy atom. The molecule has 0 aliphatic rings. The zero-order chi connectivity index (χ0) is 22.1. The highest BCUT2D eigenvalue weighted by molar-refractivity contribution is 5.95. The van der Waals surface area contributed by atoms with Crippen LogP contribution in [0.2, 0.25) is 0 Å². The van der Waals surface area contributed by atoms with Gasteiger partial charge in [0.15, 0.2) is 6.10 Å². The van der Waals surface area contributed by atoms with E-state index in [1.165, 1.54) is 13.0 Å². The Morgan fingerprint density at radius 3 is 2.37 bits per heavy atom. The van der Waals surface area contributed by atoms with Crippen molar-refractivity contribution in [1.29, 1.82) is 0 Å². The molecule has 160 valence electrons. The molecule has 2 aromatic rings. The second-order valence-corrected chi connectivity index (χ2v) is 6.05. The molecular weight excluding hydrogens is 399 g/mol. The Balaban J connectivity index is 1.78. The number of hydrogen-bond acceptors (Lipinski definition) is 7. The third-order valence-electron chi connectivity index (χ3n) is 3.80. The van der Waals surface area contributed by atoms with Crippen molar-refractivity contribution in [2.75, 3.05) is 18.5 Å². The van der Waals surface area contributed by atoms with Crippen molar-refractivity contribution in [2.24, 2.45) is 0 Å². The Kier molecular flexibility index (Phi) is 8.09. The molecule has 9 nitrogen and oxygen atoms in total. The van der Waals surface area contributed by atoms with Gasteiger partial charge in [-0.05, 0) is 50.2 Å². The maximum atomic E-state index is 13.3. The summed E-state index contributed by atoms with van der Waals surface area (Å²) in [5, 5.41) is 13.1. The van der Waals surface area contributed by atoms with Crippen molar-refractivity contribution in [2.45, 2.75) is 26.4 Å². The number of esters is 1. The molecule has 1 atom stereocenters. The van der Waals surface area contributed by atoms with E-state index in [-0.39, 0.29) is 18.7 Å². The van der Waals surface area contributed by atoms with Gasteiger partial charge in [0.05, 0.1) is 24.6 Å². The molecule has 10 heteroatoms. The number of nitrogens with one attached hydrogen (secondary N) is 1. The molecule has 1 unspecified atom stereocenters. The van der Waals surface area contributed by atoms with E-state index >= 15 is 0 Å². The van der Waals surface area contributed by atoms with Crippen molar-refractivity contribution in [3.63, 3.8) is 0 Å². The highest BCUT2D eigenvalue weighted by Crippen LogP contribution is 2.22. The van der Waals surface area contributed by atoms with Crippen LogP contribution in [0.25, 0.3) is 0 Å². The number of rotatable bonds is 10. The van der Waals surface area contributed by atoms with E-state index in [2.05, 4.69) is 5.32 Å². The number of nitro groups is 1. The maximum Gasteiger partial charge on any atom is 0.310 e. The predicted molar refractivity (Wildman–Crippen MR) is 105 cm³/mol. The molecule has 0 radical (unpaired) electrons. The van der Waals surface area contributed by atoms with Crippen molar-refractivity contribution in [1.82, 2.24) is 0 Å². The van der Waals surface area contributed by atoms with Crippen molar-refractivity contribution in [3.8, 4) is 11.5 Å². The van der Waals surface area contributed by atoms with Gasteiger partial charge in [-0.1, -0.05) is 0 Å². The summed E-state index contributed by atoms with van der Waals surface area (Å²) in [4.78, 5) is 33.8. The van der Waals surface area contributed by atoms with E-state index in [4.69, 9.17) is 14.2 Å². The number of anilines is 1. The second-order valence-electron chi connectivity index (χ2n) is 6.05. The molecule has 0 spiro atoms. The first-order chi connectivity index (χ1) is 14.3. The van der Waals surface area contributed by atoms with E-state index in [0.29, 0.717) is 18.1 Å². The number of carbonyl (C=O) groups is 2. The summed E-state index contributed by atoms with van der Waals surface area (Å²) >= 11 is 0. The fourth-order valence-electron chi connectivity index (χ4n) is 2.33. The quantitative estimate of drug-likeness (QED) is 0.355. The third kappa shape index (κ3) is 6.73. The number of nitro benzene ring substituents is 1. The van der Waals surface area contributed by atoms with Crippen molar-refractivity contribution in [3.05, 3.63) is 58.4 Å². The Hall–Kier alpha value is -3.69. The fraction of sp³-hybridized carbons (Fsp3) is 0.300. The van der Waals surface area contributed by atoms with Gasteiger partial charge in [-0.3, -0.25) is 19.7 Å². The lowest BCUT2D eigenvalue weighted by Gasteiger charge is -2.14. The molecular formula is C20H21FN2O7. The van der Waals surface area contributed by atoms with E-state index < -0.39 is 34.4 Å². The minimum Gasteiger partial charge on any atom is -0.494 e. The van der Waals surface area contributed by atoms with Gasteiger partial charge < -0.3 is 19.5 Å². The summed E-state index contributed by atoms with van der Waals surface area (Å²) in [5.41, 5.74) is -0.765. The Morgan fingerprint density at radius 1 is 1.13 bits per heavy atom. The normalized spacial score (nSPS) is 11.3. The molecule has 2 rings (SSSR count). The van der Waals surface area contributed by atoms with Gasteiger partial charge in [0, 0.05) is 11.8 Å². The molecule has 0 aliphatic carbocycles. The summed E-state index contributed by atoms with van der Waals surface area (Å²) in [5.74, 6) is -1.14. The first-order valence-corrected chi connectivity index (χ1v) is 9.10. The van der Waals surface area contributed by atoms with E-state index in [9.17, 15) is 24.1 Å². The van der Waals surface area contributed by atoms with Crippen LogP contribution in [0, 0.1) is 15.9 Å². The molecule has 0 saturated carbocycles. The van der Waals surface area contributed by atoms with Gasteiger partial charge in [0.25, 0.3) is 5.91 Å². The lowest BCUT2D eigenvalue weighted by Crippen LogP contribution is -2.30. The molecule has 2 aromatic carbocycles. The monoisotopic (exact) mass is 420 g/mol. The number of benzene rings is 2. The molecule has 0 fully saturated rings. The van der Waals surface area contributed by atoms with Crippen LogP contribution in [0.3, 0.4) is 0 Å². The molecule has 30 heavy (non-hydrogen) atoms. The van der Waals surface area contributed by atoms with Crippen LogP contribution in [0.1, 0.15) is 20.3 Å². The molecule has 0 heterocycles. The summed E-state index contributed by atoms with van der Waals surface area (Å²) in [6, 6.07) is 9.80. The highest BCUT2D eigenvalue weighted by Gasteiger charge is 2.20. The number of ether oxygens (including phenoxy) is 3. The third-order valence-corrected chi connectivity index (χ3v) is 3.80. The topological polar surface area (TPSA) is 117 Å². The predicted octanol–water partition coefficient (Wildman–Crippen LogP) is 3.47. The van der Waals surface area contributed by atoms with E-state index in [1.807, 2.05) is 6.92 Å². The number of nitrogens with zero attached hydrogens (tertiary/aromatic N) is 1. The highest BCUT2D eigenvalue weighted by atomic mass is 19.1. The van der Waals surface area contributed by atoms with Crippen LogP contribution < -0.4 is 14.8 Å². The van der Waals surface area contributed by atoms with Crippen LogP contribution in [-0.4, -0.2) is 36.1 Å². The van der Waals surface area contributed by atoms with Gasteiger partial charge >= 0.3 is 11.7 Å². The zero-order valence-corrected chi connectivity index (χ0v) is 16.4. The number of hydrogen-bond donors (Lipinski definition) is 1. The van der Waals surface area contributed by atoms with E-state index in [1.54, 1.807) is 24.3 Å². The first kappa shape index (κ1) is 22.6. The molecule has 1 amide bonds. The number of carbonyl (C=O) groups excluding carboxylic acids is 2. The molecule has 0 saturated heterocycles. The molecule has 0 aliphatic heterocycles. The van der Waals surface area contributed by atoms with Crippen molar-refractivity contribution >= 4 is 23.3 Å². The average molecular weight is 420 g/mol. The van der Waals surface area contributed by atoms with Crippen molar-refractivity contribution < 1.29 is 33.1 Å². The van der Waals surface area contributed by atoms with Gasteiger partial charge in [-0.25, -0.2) is 0 Å². The van der Waals surface area contributed by atoms with Gasteiger partial charge in [-0.15, -0.1) is 0 Å². The Bertz CT molecular complexity index is 903. The average Bonchev–Trinajstić information content (AvgIpc) is 2.70. The summed E-state index contributed by atoms with van der Waals surface area (Å²) in [6.07, 6.45) is -1.25.